The average Bonchev–Trinajstić information content (AvgIpc) is 2.41. The van der Waals surface area contributed by atoms with Crippen LogP contribution in [-0.2, 0) is 11.2 Å². The molecule has 21 heavy (non-hydrogen) atoms. The number of nitrogen functional groups attached to an aromatic ring is 1. The number of thioether (sulfide) groups is 1. The zero-order chi connectivity index (χ0) is 15.6. The highest BCUT2D eigenvalue weighted by molar-refractivity contribution is 7.98. The van der Waals surface area contributed by atoms with Gasteiger partial charge in [-0.25, -0.2) is 9.97 Å². The normalized spacial score (nSPS) is 11.7. The molecule has 1 aromatic heterocycles. The van der Waals surface area contributed by atoms with Gasteiger partial charge in [0.05, 0.1) is 0 Å². The molecule has 1 heterocycles. The van der Waals surface area contributed by atoms with Crippen molar-refractivity contribution in [3.63, 3.8) is 0 Å². The summed E-state index contributed by atoms with van der Waals surface area (Å²) in [6.45, 7) is 8.23. The number of aromatic nitrogens is 2. The molecule has 2 N–H and O–H groups in total. The van der Waals surface area contributed by atoms with Crippen LogP contribution in [0.5, 0.6) is 0 Å². The van der Waals surface area contributed by atoms with Crippen molar-refractivity contribution in [2.75, 3.05) is 5.73 Å². The molecule has 112 valence electrons. The minimum absolute atomic E-state index is 0.114. The fourth-order valence-electron chi connectivity index (χ4n) is 1.72. The van der Waals surface area contributed by atoms with Gasteiger partial charge < -0.3 is 5.73 Å². The lowest BCUT2D eigenvalue weighted by Gasteiger charge is -2.19. The molecule has 0 atom stereocenters. The Morgan fingerprint density at radius 3 is 2.33 bits per heavy atom. The second kappa shape index (κ2) is 6.24. The molecule has 2 rings (SSSR count). The van der Waals surface area contributed by atoms with Crippen LogP contribution in [0.25, 0.3) is 0 Å². The summed E-state index contributed by atoms with van der Waals surface area (Å²) in [5.74, 6) is 2.18. The van der Waals surface area contributed by atoms with E-state index in [1.165, 1.54) is 5.56 Å². The Balaban J connectivity index is 2.23. The van der Waals surface area contributed by atoms with Gasteiger partial charge >= 0.3 is 0 Å². The summed E-state index contributed by atoms with van der Waals surface area (Å²) in [7, 11) is 0. The van der Waals surface area contributed by atoms with Gasteiger partial charge in [0.2, 0.25) is 0 Å². The van der Waals surface area contributed by atoms with Gasteiger partial charge in [-0.3, -0.25) is 0 Å². The standard InChI is InChI=1S/C16H20ClN3S/c1-10-13(18)19-15(16(2,3)4)20-14(10)21-9-11-5-7-12(17)8-6-11/h5-8H,9H2,1-4H3,(H2,18,19,20). The Morgan fingerprint density at radius 1 is 1.14 bits per heavy atom. The molecule has 0 unspecified atom stereocenters. The lowest BCUT2D eigenvalue weighted by atomic mass is 9.95. The van der Waals surface area contributed by atoms with Gasteiger partial charge in [-0.1, -0.05) is 44.5 Å². The van der Waals surface area contributed by atoms with Gasteiger partial charge in [0.25, 0.3) is 0 Å². The first-order valence-electron chi connectivity index (χ1n) is 6.79. The number of nitrogens with zero attached hydrogens (tertiary/aromatic N) is 2. The Labute approximate surface area is 135 Å². The van der Waals surface area contributed by atoms with E-state index in [1.54, 1.807) is 11.8 Å². The molecular weight excluding hydrogens is 302 g/mol. The summed E-state index contributed by atoms with van der Waals surface area (Å²) in [5, 5.41) is 1.70. The van der Waals surface area contributed by atoms with E-state index in [0.717, 1.165) is 27.2 Å². The van der Waals surface area contributed by atoms with Gasteiger partial charge in [-0.2, -0.15) is 0 Å². The van der Waals surface area contributed by atoms with Crippen molar-refractivity contribution in [3.8, 4) is 0 Å². The maximum absolute atomic E-state index is 6.03. The van der Waals surface area contributed by atoms with Crippen molar-refractivity contribution >= 4 is 29.2 Å². The van der Waals surface area contributed by atoms with Crippen LogP contribution in [0, 0.1) is 6.92 Å². The third-order valence-electron chi connectivity index (χ3n) is 3.10. The zero-order valence-electron chi connectivity index (χ0n) is 12.8. The van der Waals surface area contributed by atoms with Gasteiger partial charge in [0.1, 0.15) is 16.7 Å². The third kappa shape index (κ3) is 4.11. The van der Waals surface area contributed by atoms with Gasteiger partial charge in [-0.15, -0.1) is 11.8 Å². The molecule has 1 aromatic carbocycles. The second-order valence-electron chi connectivity index (χ2n) is 6.03. The number of nitrogens with two attached hydrogens (primary N) is 1. The van der Waals surface area contributed by atoms with Crippen molar-refractivity contribution in [3.05, 3.63) is 46.2 Å². The first kappa shape index (κ1) is 16.1. The molecule has 3 nitrogen and oxygen atoms in total. The van der Waals surface area contributed by atoms with Crippen molar-refractivity contribution in [1.29, 1.82) is 0 Å². The lowest BCUT2D eigenvalue weighted by molar-refractivity contribution is 0.538. The van der Waals surface area contributed by atoms with Gasteiger partial charge in [-0.05, 0) is 24.6 Å². The molecule has 0 amide bonds. The molecule has 0 spiro atoms. The van der Waals surface area contributed by atoms with E-state index in [2.05, 4.69) is 30.7 Å². The Kier molecular flexibility index (Phi) is 4.79. The highest BCUT2D eigenvalue weighted by atomic mass is 35.5. The van der Waals surface area contributed by atoms with Crippen LogP contribution in [-0.4, -0.2) is 9.97 Å². The average molecular weight is 322 g/mol. The van der Waals surface area contributed by atoms with Crippen LogP contribution in [0.15, 0.2) is 29.3 Å². The van der Waals surface area contributed by atoms with Crippen molar-refractivity contribution in [2.45, 2.75) is 43.9 Å². The zero-order valence-corrected chi connectivity index (χ0v) is 14.3. The quantitative estimate of drug-likeness (QED) is 0.662. The maximum atomic E-state index is 6.03. The molecule has 0 radical (unpaired) electrons. The summed E-state index contributed by atoms with van der Waals surface area (Å²) in [6.07, 6.45) is 0. The Hall–Kier alpha value is -1.26. The van der Waals surface area contributed by atoms with Crippen LogP contribution in [0.3, 0.4) is 0 Å². The van der Waals surface area contributed by atoms with Crippen molar-refractivity contribution in [2.24, 2.45) is 0 Å². The molecule has 5 heteroatoms. The highest BCUT2D eigenvalue weighted by Crippen LogP contribution is 2.30. The molecule has 0 aliphatic heterocycles. The topological polar surface area (TPSA) is 51.8 Å². The van der Waals surface area contributed by atoms with E-state index in [-0.39, 0.29) is 5.41 Å². The van der Waals surface area contributed by atoms with E-state index < -0.39 is 0 Å². The fraction of sp³-hybridized carbons (Fsp3) is 0.375. The van der Waals surface area contributed by atoms with Crippen LogP contribution in [0.4, 0.5) is 5.82 Å². The number of hydrogen-bond donors (Lipinski definition) is 1. The maximum Gasteiger partial charge on any atom is 0.137 e. The van der Waals surface area contributed by atoms with Crippen LogP contribution in [0.1, 0.15) is 37.7 Å². The summed E-state index contributed by atoms with van der Waals surface area (Å²) in [4.78, 5) is 9.09. The molecule has 2 aromatic rings. The van der Waals surface area contributed by atoms with E-state index in [9.17, 15) is 0 Å². The second-order valence-corrected chi connectivity index (χ2v) is 7.43. The molecule has 0 saturated carbocycles. The van der Waals surface area contributed by atoms with Crippen LogP contribution >= 0.6 is 23.4 Å². The molecular formula is C16H20ClN3S. The van der Waals surface area contributed by atoms with Crippen LogP contribution < -0.4 is 5.73 Å². The molecule has 0 aliphatic rings. The molecule has 0 bridgehead atoms. The summed E-state index contributed by atoms with van der Waals surface area (Å²) < 4.78 is 0. The van der Waals surface area contributed by atoms with E-state index in [1.807, 2.05) is 31.2 Å². The van der Waals surface area contributed by atoms with E-state index >= 15 is 0 Å². The first-order chi connectivity index (χ1) is 9.77. The molecule has 0 saturated heterocycles. The van der Waals surface area contributed by atoms with Crippen molar-refractivity contribution in [1.82, 2.24) is 9.97 Å². The molecule has 0 aliphatic carbocycles. The number of benzene rings is 1. The van der Waals surface area contributed by atoms with E-state index in [0.29, 0.717) is 5.82 Å². The number of rotatable bonds is 3. The number of hydrogen-bond acceptors (Lipinski definition) is 4. The van der Waals surface area contributed by atoms with E-state index in [4.69, 9.17) is 17.3 Å². The highest BCUT2D eigenvalue weighted by Gasteiger charge is 2.20. The number of halogens is 1. The summed E-state index contributed by atoms with van der Waals surface area (Å²) >= 11 is 7.58. The van der Waals surface area contributed by atoms with Gasteiger partial charge in [0, 0.05) is 21.8 Å². The third-order valence-corrected chi connectivity index (χ3v) is 4.50. The smallest absolute Gasteiger partial charge is 0.137 e. The predicted molar refractivity (Wildman–Crippen MR) is 90.9 cm³/mol. The molecule has 0 fully saturated rings. The summed E-state index contributed by atoms with van der Waals surface area (Å²) in [6, 6.07) is 7.86. The largest absolute Gasteiger partial charge is 0.383 e. The first-order valence-corrected chi connectivity index (χ1v) is 8.15. The monoisotopic (exact) mass is 321 g/mol. The minimum atomic E-state index is -0.114. The fourth-order valence-corrected chi connectivity index (χ4v) is 2.81. The SMILES string of the molecule is Cc1c(N)nc(C(C)(C)C)nc1SCc1ccc(Cl)cc1. The Morgan fingerprint density at radius 2 is 1.76 bits per heavy atom. The summed E-state index contributed by atoms with van der Waals surface area (Å²) in [5.41, 5.74) is 8.06. The van der Waals surface area contributed by atoms with Crippen LogP contribution in [0.2, 0.25) is 5.02 Å². The van der Waals surface area contributed by atoms with Gasteiger partial charge in [0.15, 0.2) is 0 Å². The van der Waals surface area contributed by atoms with Crippen molar-refractivity contribution < 1.29 is 0 Å². The Bertz CT molecular complexity index is 633. The predicted octanol–water partition coefficient (Wildman–Crippen LogP) is 4.61. The number of anilines is 1. The minimum Gasteiger partial charge on any atom is -0.383 e. The lowest BCUT2D eigenvalue weighted by Crippen LogP contribution is -2.18.